The van der Waals surface area contributed by atoms with E-state index in [1.807, 2.05) is 17.5 Å². The molecule has 0 spiro atoms. The van der Waals surface area contributed by atoms with Gasteiger partial charge >= 0.3 is 0 Å². The highest BCUT2D eigenvalue weighted by Gasteiger charge is 2.22. The van der Waals surface area contributed by atoms with E-state index in [1.165, 1.54) is 6.26 Å². The van der Waals surface area contributed by atoms with E-state index in [2.05, 4.69) is 14.6 Å². The highest BCUT2D eigenvalue weighted by atomic mass is 32.2. The second-order valence-corrected chi connectivity index (χ2v) is 8.29. The van der Waals surface area contributed by atoms with Crippen molar-refractivity contribution in [3.63, 3.8) is 0 Å². The molecule has 0 amide bonds. The van der Waals surface area contributed by atoms with Crippen molar-refractivity contribution < 1.29 is 12.8 Å². The first kappa shape index (κ1) is 15.7. The van der Waals surface area contributed by atoms with Crippen LogP contribution in [0, 0.1) is 0 Å². The molecule has 2 aromatic heterocycles. The van der Waals surface area contributed by atoms with Gasteiger partial charge in [-0.15, -0.1) is 11.3 Å². The monoisotopic (exact) mass is 341 g/mol. The van der Waals surface area contributed by atoms with Crippen molar-refractivity contribution in [2.75, 3.05) is 19.3 Å². The number of hydrogen-bond donors (Lipinski definition) is 1. The molecule has 0 unspecified atom stereocenters. The fourth-order valence-corrected chi connectivity index (χ4v) is 4.13. The van der Waals surface area contributed by atoms with Crippen LogP contribution in [0.2, 0.25) is 0 Å². The van der Waals surface area contributed by atoms with Crippen LogP contribution >= 0.6 is 11.3 Å². The quantitative estimate of drug-likeness (QED) is 0.899. The lowest BCUT2D eigenvalue weighted by Gasteiger charge is -2.31. The third-order valence-electron chi connectivity index (χ3n) is 3.64. The summed E-state index contributed by atoms with van der Waals surface area (Å²) in [4.78, 5) is 7.82. The summed E-state index contributed by atoms with van der Waals surface area (Å²) in [5.41, 5.74) is 0.915. The molecule has 1 fully saturated rings. The zero-order chi connectivity index (χ0) is 15.6. The van der Waals surface area contributed by atoms with Crippen molar-refractivity contribution >= 4 is 21.4 Å². The minimum atomic E-state index is -3.12. The van der Waals surface area contributed by atoms with E-state index in [0.29, 0.717) is 5.89 Å². The maximum Gasteiger partial charge on any atom is 0.236 e. The van der Waals surface area contributed by atoms with E-state index in [9.17, 15) is 8.42 Å². The molecule has 0 aromatic carbocycles. The van der Waals surface area contributed by atoms with Gasteiger partial charge in [0.1, 0.15) is 6.26 Å². The second kappa shape index (κ2) is 6.49. The molecule has 2 aromatic rings. The van der Waals surface area contributed by atoms with Gasteiger partial charge in [-0.05, 0) is 24.3 Å². The topological polar surface area (TPSA) is 75.4 Å². The molecule has 0 saturated carbocycles. The summed E-state index contributed by atoms with van der Waals surface area (Å²) in [7, 11) is -3.12. The predicted molar refractivity (Wildman–Crippen MR) is 86.1 cm³/mol. The number of aromatic nitrogens is 1. The number of thiophene rings is 1. The molecule has 1 aliphatic rings. The largest absolute Gasteiger partial charge is 0.444 e. The molecule has 1 saturated heterocycles. The van der Waals surface area contributed by atoms with Gasteiger partial charge in [0.05, 0.1) is 16.8 Å². The number of oxazole rings is 1. The van der Waals surface area contributed by atoms with Gasteiger partial charge in [0.15, 0.2) is 0 Å². The van der Waals surface area contributed by atoms with Crippen molar-refractivity contribution in [3.05, 3.63) is 29.5 Å². The van der Waals surface area contributed by atoms with E-state index >= 15 is 0 Å². The lowest BCUT2D eigenvalue weighted by Crippen LogP contribution is -2.43. The standard InChI is InChI=1S/C14H19N3O3S2/c1-22(18,19)16-11-4-6-17(7-5-11)9-12-10-20-14(15-12)13-3-2-8-21-13/h2-3,8,10-11,16H,4-7,9H2,1H3. The SMILES string of the molecule is CS(=O)(=O)NC1CCN(Cc2coc(-c3cccs3)n2)CC1. The van der Waals surface area contributed by atoms with Gasteiger partial charge in [0.25, 0.3) is 0 Å². The Balaban J connectivity index is 1.53. The Morgan fingerprint density at radius 1 is 1.45 bits per heavy atom. The minimum absolute atomic E-state index is 0.0465. The number of likely N-dealkylation sites (tertiary alicyclic amines) is 1. The molecule has 8 heteroatoms. The van der Waals surface area contributed by atoms with E-state index in [0.717, 1.165) is 43.0 Å². The molecule has 3 heterocycles. The maximum atomic E-state index is 11.2. The summed E-state index contributed by atoms with van der Waals surface area (Å²) in [5, 5.41) is 2.00. The zero-order valence-corrected chi connectivity index (χ0v) is 14.0. The van der Waals surface area contributed by atoms with Gasteiger partial charge in [-0.1, -0.05) is 6.07 Å². The van der Waals surface area contributed by atoms with E-state index in [1.54, 1.807) is 17.6 Å². The summed E-state index contributed by atoms with van der Waals surface area (Å²) in [6.07, 6.45) is 4.56. The van der Waals surface area contributed by atoms with Crippen LogP contribution in [0.25, 0.3) is 10.8 Å². The Morgan fingerprint density at radius 2 is 2.23 bits per heavy atom. The first-order valence-corrected chi connectivity index (χ1v) is 9.95. The molecule has 120 valence electrons. The first-order valence-electron chi connectivity index (χ1n) is 7.17. The average Bonchev–Trinajstić information content (AvgIpc) is 3.10. The third-order valence-corrected chi connectivity index (χ3v) is 5.26. The van der Waals surface area contributed by atoms with Gasteiger partial charge in [-0.25, -0.2) is 18.1 Å². The summed E-state index contributed by atoms with van der Waals surface area (Å²) in [6, 6.07) is 4.01. The van der Waals surface area contributed by atoms with Crippen LogP contribution in [0.1, 0.15) is 18.5 Å². The van der Waals surface area contributed by atoms with Gasteiger partial charge in [0.2, 0.25) is 15.9 Å². The molecule has 3 rings (SSSR count). The van der Waals surface area contributed by atoms with Crippen LogP contribution in [0.15, 0.2) is 28.2 Å². The number of hydrogen-bond acceptors (Lipinski definition) is 6. The molecular weight excluding hydrogens is 322 g/mol. The van der Waals surface area contributed by atoms with Crippen molar-refractivity contribution in [2.24, 2.45) is 0 Å². The highest BCUT2D eigenvalue weighted by Crippen LogP contribution is 2.24. The van der Waals surface area contributed by atoms with Crippen molar-refractivity contribution in [1.82, 2.24) is 14.6 Å². The van der Waals surface area contributed by atoms with E-state index in [-0.39, 0.29) is 6.04 Å². The fraction of sp³-hybridized carbons (Fsp3) is 0.500. The average molecular weight is 341 g/mol. The predicted octanol–water partition coefficient (Wildman–Crippen LogP) is 1.92. The first-order chi connectivity index (χ1) is 10.5. The number of rotatable bonds is 5. The minimum Gasteiger partial charge on any atom is -0.444 e. The van der Waals surface area contributed by atoms with Crippen LogP contribution in [-0.4, -0.2) is 43.7 Å². The van der Waals surface area contributed by atoms with Crippen molar-refractivity contribution in [1.29, 1.82) is 0 Å². The highest BCUT2D eigenvalue weighted by molar-refractivity contribution is 7.88. The molecule has 0 aliphatic carbocycles. The smallest absolute Gasteiger partial charge is 0.236 e. The molecule has 6 nitrogen and oxygen atoms in total. The summed E-state index contributed by atoms with van der Waals surface area (Å²) in [5.74, 6) is 0.665. The van der Waals surface area contributed by atoms with Gasteiger partial charge in [-0.3, -0.25) is 4.90 Å². The van der Waals surface area contributed by atoms with Crippen molar-refractivity contribution in [3.8, 4) is 10.8 Å². The van der Waals surface area contributed by atoms with E-state index in [4.69, 9.17) is 4.42 Å². The lowest BCUT2D eigenvalue weighted by atomic mass is 10.1. The lowest BCUT2D eigenvalue weighted by molar-refractivity contribution is 0.198. The van der Waals surface area contributed by atoms with Gasteiger partial charge in [-0.2, -0.15) is 0 Å². The van der Waals surface area contributed by atoms with Crippen LogP contribution < -0.4 is 4.72 Å². The van der Waals surface area contributed by atoms with Gasteiger partial charge in [0, 0.05) is 25.7 Å². The van der Waals surface area contributed by atoms with Gasteiger partial charge < -0.3 is 4.42 Å². The van der Waals surface area contributed by atoms with Crippen LogP contribution in [0.4, 0.5) is 0 Å². The summed E-state index contributed by atoms with van der Waals surface area (Å²) < 4.78 is 30.7. The number of nitrogens with one attached hydrogen (secondary N) is 1. The Labute approximate surface area is 134 Å². The van der Waals surface area contributed by atoms with Crippen LogP contribution in [0.3, 0.4) is 0 Å². The molecule has 1 N–H and O–H groups in total. The molecule has 1 aliphatic heterocycles. The van der Waals surface area contributed by atoms with Crippen LogP contribution in [0.5, 0.6) is 0 Å². The van der Waals surface area contributed by atoms with E-state index < -0.39 is 10.0 Å². The van der Waals surface area contributed by atoms with Crippen molar-refractivity contribution in [2.45, 2.75) is 25.4 Å². The molecule has 0 atom stereocenters. The normalized spacial score (nSPS) is 17.9. The Morgan fingerprint density at radius 3 is 2.86 bits per heavy atom. The molecule has 0 bridgehead atoms. The summed E-state index contributed by atoms with van der Waals surface area (Å²) >= 11 is 1.61. The Hall–Kier alpha value is -1.22. The molecule has 22 heavy (non-hydrogen) atoms. The Kier molecular flexibility index (Phi) is 4.62. The number of piperidine rings is 1. The molecular formula is C14H19N3O3S2. The van der Waals surface area contributed by atoms with Crippen LogP contribution in [-0.2, 0) is 16.6 Å². The third kappa shape index (κ3) is 4.16. The number of sulfonamides is 1. The molecule has 0 radical (unpaired) electrons. The Bertz CT molecular complexity index is 702. The zero-order valence-electron chi connectivity index (χ0n) is 12.4. The number of nitrogens with zero attached hydrogens (tertiary/aromatic N) is 2. The summed E-state index contributed by atoms with van der Waals surface area (Å²) in [6.45, 7) is 2.45. The fourth-order valence-electron chi connectivity index (χ4n) is 2.63. The second-order valence-electron chi connectivity index (χ2n) is 5.56. The maximum absolute atomic E-state index is 11.2.